The number of pyridine rings is 1. The van der Waals surface area contributed by atoms with E-state index in [2.05, 4.69) is 14.4 Å². The number of nitrogens with one attached hydrogen (secondary N) is 2. The Hall–Kier alpha value is -2.84. The summed E-state index contributed by atoms with van der Waals surface area (Å²) in [5.74, 6) is -0.527. The van der Waals surface area contributed by atoms with Gasteiger partial charge in [-0.25, -0.2) is 19.4 Å². The van der Waals surface area contributed by atoms with Crippen LogP contribution >= 0.6 is 11.8 Å². The fraction of sp³-hybridized carbons (Fsp3) is 0.316. The number of hydrogen-bond donors (Lipinski definition) is 2. The first kappa shape index (κ1) is 24.8. The minimum absolute atomic E-state index is 0.0206. The molecule has 1 aliphatic heterocycles. The van der Waals surface area contributed by atoms with Gasteiger partial charge in [0.1, 0.15) is 11.4 Å². The molecule has 33 heavy (non-hydrogen) atoms. The third-order valence-corrected chi connectivity index (χ3v) is 6.58. The van der Waals surface area contributed by atoms with Gasteiger partial charge in [-0.1, -0.05) is 0 Å². The number of rotatable bonds is 7. The molecule has 0 saturated carbocycles. The quantitative estimate of drug-likeness (QED) is 0.443. The summed E-state index contributed by atoms with van der Waals surface area (Å²) in [5, 5.41) is 0. The van der Waals surface area contributed by atoms with Gasteiger partial charge in [-0.05, 0) is 67.6 Å². The molecule has 14 heteroatoms. The van der Waals surface area contributed by atoms with Gasteiger partial charge in [-0.3, -0.25) is 9.52 Å². The minimum atomic E-state index is -4.45. The zero-order chi connectivity index (χ0) is 24.6. The van der Waals surface area contributed by atoms with Crippen molar-refractivity contribution in [3.8, 4) is 0 Å². The number of amides is 3. The van der Waals surface area contributed by atoms with Crippen molar-refractivity contribution in [3.05, 3.63) is 48.2 Å². The molecular formula is C19H20F3N5O4S2. The van der Waals surface area contributed by atoms with Crippen LogP contribution in [-0.4, -0.2) is 48.3 Å². The Bertz CT molecular complexity index is 1170. The summed E-state index contributed by atoms with van der Waals surface area (Å²) in [6.45, 7) is 3.06. The lowest BCUT2D eigenvalue weighted by atomic mass is 10.0. The second-order valence-corrected chi connectivity index (χ2v) is 10.2. The van der Waals surface area contributed by atoms with Crippen molar-refractivity contribution >= 4 is 45.4 Å². The van der Waals surface area contributed by atoms with Crippen LogP contribution in [0.1, 0.15) is 19.4 Å². The van der Waals surface area contributed by atoms with Crippen LogP contribution in [0.25, 0.3) is 0 Å². The highest BCUT2D eigenvalue weighted by Crippen LogP contribution is 2.38. The smallest absolute Gasteiger partial charge is 0.305 e. The molecule has 0 unspecified atom stereocenters. The number of halogens is 3. The van der Waals surface area contributed by atoms with Gasteiger partial charge in [0.25, 0.3) is 16.1 Å². The molecule has 0 spiro atoms. The minimum Gasteiger partial charge on any atom is -0.305 e. The van der Waals surface area contributed by atoms with Crippen LogP contribution in [0.4, 0.5) is 29.5 Å². The Kier molecular flexibility index (Phi) is 6.64. The number of anilines is 2. The van der Waals surface area contributed by atoms with Crippen LogP contribution in [0.3, 0.4) is 0 Å². The molecule has 1 fully saturated rings. The first-order valence-electron chi connectivity index (χ1n) is 9.42. The molecule has 0 atom stereocenters. The third-order valence-electron chi connectivity index (χ3n) is 4.82. The van der Waals surface area contributed by atoms with Gasteiger partial charge in [-0.15, -0.1) is 0 Å². The average Bonchev–Trinajstić information content (AvgIpc) is 2.87. The van der Waals surface area contributed by atoms with Gasteiger partial charge in [0, 0.05) is 24.7 Å². The fourth-order valence-corrected chi connectivity index (χ4v) is 4.15. The molecular weight excluding hydrogens is 483 g/mol. The first-order valence-corrected chi connectivity index (χ1v) is 11.7. The Morgan fingerprint density at radius 1 is 1.12 bits per heavy atom. The van der Waals surface area contributed by atoms with E-state index in [1.54, 1.807) is 19.9 Å². The molecule has 2 heterocycles. The maximum atomic E-state index is 13.1. The molecule has 3 rings (SSSR count). The SMILES string of the molecule is CNS(=O)(=O)Nc1cc(CN2C(=O)N(c3ccc(SC(F)(F)F)cc3)C(=O)C2(C)C)ccn1. The van der Waals surface area contributed by atoms with Crippen molar-refractivity contribution in [2.45, 2.75) is 36.3 Å². The highest BCUT2D eigenvalue weighted by atomic mass is 32.2. The highest BCUT2D eigenvalue weighted by molar-refractivity contribution is 8.00. The van der Waals surface area contributed by atoms with Gasteiger partial charge in [0.05, 0.1) is 5.69 Å². The van der Waals surface area contributed by atoms with Crippen molar-refractivity contribution in [1.82, 2.24) is 14.6 Å². The number of imide groups is 1. The second-order valence-electron chi connectivity index (χ2n) is 7.47. The van der Waals surface area contributed by atoms with Crippen molar-refractivity contribution in [3.63, 3.8) is 0 Å². The van der Waals surface area contributed by atoms with Crippen molar-refractivity contribution in [2.75, 3.05) is 16.7 Å². The summed E-state index contributed by atoms with van der Waals surface area (Å²) in [4.78, 5) is 32.2. The zero-order valence-electron chi connectivity index (χ0n) is 17.7. The van der Waals surface area contributed by atoms with Gasteiger partial charge < -0.3 is 4.90 Å². The van der Waals surface area contributed by atoms with Gasteiger partial charge in [-0.2, -0.15) is 21.6 Å². The van der Waals surface area contributed by atoms with Crippen LogP contribution in [-0.2, 0) is 21.5 Å². The number of aromatic nitrogens is 1. The number of carbonyl (C=O) groups excluding carboxylic acids is 2. The monoisotopic (exact) mass is 503 g/mol. The standard InChI is InChI=1S/C19H20F3N5O4S2/c1-18(2)16(28)27(13-4-6-14(7-5-13)32-19(20,21)22)17(29)26(18)11-12-8-9-24-15(10-12)25-33(30,31)23-3/h4-10,23H,11H2,1-3H3,(H,24,25). The van der Waals surface area contributed by atoms with Crippen molar-refractivity contribution < 1.29 is 31.2 Å². The molecule has 0 radical (unpaired) electrons. The summed E-state index contributed by atoms with van der Waals surface area (Å²) in [5.41, 5.74) is -5.06. The van der Waals surface area contributed by atoms with E-state index in [1.807, 2.05) is 0 Å². The zero-order valence-corrected chi connectivity index (χ0v) is 19.3. The van der Waals surface area contributed by atoms with Crippen LogP contribution in [0.2, 0.25) is 0 Å². The lowest BCUT2D eigenvalue weighted by Crippen LogP contribution is -2.43. The Labute approximate surface area is 192 Å². The number of alkyl halides is 3. The third kappa shape index (κ3) is 5.57. The Morgan fingerprint density at radius 3 is 2.33 bits per heavy atom. The predicted molar refractivity (Wildman–Crippen MR) is 117 cm³/mol. The van der Waals surface area contributed by atoms with E-state index >= 15 is 0 Å². The average molecular weight is 504 g/mol. The van der Waals surface area contributed by atoms with Gasteiger partial charge in [0.2, 0.25) is 0 Å². The largest absolute Gasteiger partial charge is 0.446 e. The number of hydrogen-bond acceptors (Lipinski definition) is 6. The summed E-state index contributed by atoms with van der Waals surface area (Å²) in [6, 6.07) is 7.27. The number of thioether (sulfide) groups is 1. The molecule has 0 bridgehead atoms. The molecule has 178 valence electrons. The summed E-state index contributed by atoms with van der Waals surface area (Å²) in [7, 11) is -2.57. The number of nitrogens with zero attached hydrogens (tertiary/aromatic N) is 3. The molecule has 9 nitrogen and oxygen atoms in total. The second kappa shape index (κ2) is 8.83. The van der Waals surface area contributed by atoms with Crippen LogP contribution in [0.15, 0.2) is 47.5 Å². The Morgan fingerprint density at radius 2 is 1.76 bits per heavy atom. The summed E-state index contributed by atoms with van der Waals surface area (Å²) < 4.78 is 65.3. The topological polar surface area (TPSA) is 112 Å². The maximum absolute atomic E-state index is 13.1. The predicted octanol–water partition coefficient (Wildman–Crippen LogP) is 3.32. The van der Waals surface area contributed by atoms with Gasteiger partial charge >= 0.3 is 11.5 Å². The molecule has 2 N–H and O–H groups in total. The normalized spacial score (nSPS) is 16.4. The van der Waals surface area contributed by atoms with Crippen LogP contribution < -0.4 is 14.3 Å². The van der Waals surface area contributed by atoms with Crippen molar-refractivity contribution in [1.29, 1.82) is 0 Å². The highest BCUT2D eigenvalue weighted by Gasteiger charge is 2.51. The molecule has 3 amide bonds. The summed E-state index contributed by atoms with van der Waals surface area (Å²) >= 11 is -0.296. The van der Waals surface area contributed by atoms with E-state index in [0.29, 0.717) is 5.56 Å². The van der Waals surface area contributed by atoms with E-state index in [9.17, 15) is 31.2 Å². The van der Waals surface area contributed by atoms with E-state index in [1.165, 1.54) is 48.5 Å². The Balaban J connectivity index is 1.84. The van der Waals surface area contributed by atoms with Crippen LogP contribution in [0, 0.1) is 0 Å². The van der Waals surface area contributed by atoms with E-state index < -0.39 is 33.2 Å². The summed E-state index contributed by atoms with van der Waals surface area (Å²) in [6.07, 6.45) is 1.35. The molecule has 1 aromatic carbocycles. The molecule has 0 aliphatic carbocycles. The fourth-order valence-electron chi connectivity index (χ4n) is 3.13. The van der Waals surface area contributed by atoms with Crippen LogP contribution in [0.5, 0.6) is 0 Å². The lowest BCUT2D eigenvalue weighted by Gasteiger charge is -2.27. The van der Waals surface area contributed by atoms with E-state index in [-0.39, 0.29) is 34.7 Å². The number of carbonyl (C=O) groups is 2. The van der Waals surface area contributed by atoms with Crippen molar-refractivity contribution in [2.24, 2.45) is 0 Å². The van der Waals surface area contributed by atoms with Gasteiger partial charge in [0.15, 0.2) is 0 Å². The molecule has 1 aliphatic rings. The molecule has 2 aromatic rings. The van der Waals surface area contributed by atoms with E-state index in [0.717, 1.165) is 4.90 Å². The molecule has 1 aromatic heterocycles. The number of urea groups is 1. The first-order chi connectivity index (χ1) is 15.2. The molecule has 1 saturated heterocycles. The maximum Gasteiger partial charge on any atom is 0.446 e. The lowest BCUT2D eigenvalue weighted by molar-refractivity contribution is -0.123. The van der Waals surface area contributed by atoms with E-state index in [4.69, 9.17) is 0 Å². The number of benzene rings is 1.